The Balaban J connectivity index is 2.39. The maximum atomic E-state index is 12.7. The zero-order valence-electron chi connectivity index (χ0n) is 11.3. The number of aromatic nitrogens is 2. The van der Waals surface area contributed by atoms with E-state index >= 15 is 0 Å². The average Bonchev–Trinajstić information content (AvgIpc) is 2.81. The molecule has 2 aromatic rings. The molecule has 0 saturated heterocycles. The minimum absolute atomic E-state index is 0.0715. The highest BCUT2D eigenvalue weighted by atomic mass is 35.5. The van der Waals surface area contributed by atoms with Gasteiger partial charge in [0, 0.05) is 23.0 Å². The summed E-state index contributed by atoms with van der Waals surface area (Å²) in [7, 11) is 0. The first-order valence-electron chi connectivity index (χ1n) is 6.17. The van der Waals surface area contributed by atoms with Gasteiger partial charge < -0.3 is 4.57 Å². The molecule has 19 heavy (non-hydrogen) atoms. The lowest BCUT2D eigenvalue weighted by Crippen LogP contribution is -2.31. The predicted octanol–water partition coefficient (Wildman–Crippen LogP) is 4.01. The van der Waals surface area contributed by atoms with Crippen LogP contribution in [0.3, 0.4) is 0 Å². The summed E-state index contributed by atoms with van der Waals surface area (Å²) in [6.07, 6.45) is 5.20. The maximum absolute atomic E-state index is 12.7. The lowest BCUT2D eigenvalue weighted by Gasteiger charge is -2.30. The average molecular weight is 277 g/mol. The zero-order valence-corrected chi connectivity index (χ0v) is 12.1. The number of hydrogen-bond acceptors (Lipinski definition) is 2. The van der Waals surface area contributed by atoms with Crippen LogP contribution in [0.4, 0.5) is 0 Å². The molecule has 100 valence electrons. The van der Waals surface area contributed by atoms with Crippen LogP contribution in [-0.2, 0) is 0 Å². The molecule has 0 bridgehead atoms. The molecule has 0 fully saturated rings. The Hall–Kier alpha value is -1.61. The van der Waals surface area contributed by atoms with Crippen LogP contribution in [0.5, 0.6) is 0 Å². The fourth-order valence-electron chi connectivity index (χ4n) is 2.17. The van der Waals surface area contributed by atoms with Crippen molar-refractivity contribution in [2.24, 2.45) is 5.41 Å². The number of carbonyl (C=O) groups excluding carboxylic acids is 1. The Morgan fingerprint density at radius 1 is 1.26 bits per heavy atom. The Labute approximate surface area is 118 Å². The van der Waals surface area contributed by atoms with E-state index in [1.54, 1.807) is 36.8 Å². The van der Waals surface area contributed by atoms with Gasteiger partial charge in [0.1, 0.15) is 6.04 Å². The van der Waals surface area contributed by atoms with Crippen LogP contribution in [0.2, 0.25) is 5.02 Å². The van der Waals surface area contributed by atoms with Crippen LogP contribution in [0.15, 0.2) is 43.0 Å². The van der Waals surface area contributed by atoms with E-state index in [0.717, 1.165) is 0 Å². The molecule has 0 aliphatic heterocycles. The molecule has 1 atom stereocenters. The van der Waals surface area contributed by atoms with Crippen molar-refractivity contribution in [3.8, 4) is 0 Å². The number of rotatable bonds is 3. The zero-order chi connectivity index (χ0) is 14.0. The third kappa shape index (κ3) is 3.04. The molecule has 1 heterocycles. The molecular weight excluding hydrogens is 260 g/mol. The quantitative estimate of drug-likeness (QED) is 0.794. The third-order valence-electron chi connectivity index (χ3n) is 3.02. The highest BCUT2D eigenvalue weighted by molar-refractivity contribution is 6.30. The van der Waals surface area contributed by atoms with Gasteiger partial charge >= 0.3 is 0 Å². The monoisotopic (exact) mass is 276 g/mol. The molecule has 0 aliphatic rings. The van der Waals surface area contributed by atoms with Gasteiger partial charge in [0.05, 0.1) is 6.33 Å². The molecule has 4 heteroatoms. The summed E-state index contributed by atoms with van der Waals surface area (Å²) in [5.74, 6) is 0.0715. The largest absolute Gasteiger partial charge is 0.326 e. The van der Waals surface area contributed by atoms with Crippen molar-refractivity contribution in [1.82, 2.24) is 9.55 Å². The molecule has 0 aliphatic carbocycles. The van der Waals surface area contributed by atoms with E-state index in [9.17, 15) is 4.79 Å². The van der Waals surface area contributed by atoms with E-state index in [1.165, 1.54) is 0 Å². The summed E-state index contributed by atoms with van der Waals surface area (Å²) in [6.45, 7) is 6.14. The fraction of sp³-hybridized carbons (Fsp3) is 0.333. The van der Waals surface area contributed by atoms with Crippen molar-refractivity contribution in [3.63, 3.8) is 0 Å². The van der Waals surface area contributed by atoms with E-state index in [0.29, 0.717) is 10.6 Å². The smallest absolute Gasteiger partial charge is 0.186 e. The van der Waals surface area contributed by atoms with Gasteiger partial charge in [-0.2, -0.15) is 0 Å². The molecule has 2 rings (SSSR count). The standard InChI is InChI=1S/C15H17ClN2O/c1-15(2,3)14(18-9-8-17-10-18)13(19)11-4-6-12(16)7-5-11/h4-10,14H,1-3H3. The number of halogens is 1. The first-order chi connectivity index (χ1) is 8.89. The number of nitrogens with zero attached hydrogens (tertiary/aromatic N) is 2. The van der Waals surface area contributed by atoms with Crippen molar-refractivity contribution in [2.45, 2.75) is 26.8 Å². The number of benzene rings is 1. The Morgan fingerprint density at radius 3 is 2.37 bits per heavy atom. The van der Waals surface area contributed by atoms with Gasteiger partial charge in [-0.25, -0.2) is 4.98 Å². The topological polar surface area (TPSA) is 34.9 Å². The van der Waals surface area contributed by atoms with Gasteiger partial charge in [0.2, 0.25) is 0 Å². The minimum Gasteiger partial charge on any atom is -0.326 e. The molecular formula is C15H17ClN2O. The van der Waals surface area contributed by atoms with Gasteiger partial charge in [-0.05, 0) is 29.7 Å². The van der Waals surface area contributed by atoms with Crippen molar-refractivity contribution >= 4 is 17.4 Å². The fourth-order valence-corrected chi connectivity index (χ4v) is 2.30. The van der Waals surface area contributed by atoms with E-state index in [2.05, 4.69) is 4.98 Å². The first-order valence-corrected chi connectivity index (χ1v) is 6.54. The van der Waals surface area contributed by atoms with Crippen LogP contribution in [0.1, 0.15) is 37.2 Å². The second kappa shape index (κ2) is 5.17. The highest BCUT2D eigenvalue weighted by Gasteiger charge is 2.33. The molecule has 3 nitrogen and oxygen atoms in total. The molecule has 1 aromatic carbocycles. The summed E-state index contributed by atoms with van der Waals surface area (Å²) < 4.78 is 1.86. The van der Waals surface area contributed by atoms with Crippen molar-refractivity contribution in [1.29, 1.82) is 0 Å². The SMILES string of the molecule is CC(C)(C)C(C(=O)c1ccc(Cl)cc1)n1ccnc1. The van der Waals surface area contributed by atoms with E-state index in [1.807, 2.05) is 31.5 Å². The van der Waals surface area contributed by atoms with E-state index < -0.39 is 0 Å². The summed E-state index contributed by atoms with van der Waals surface area (Å²) in [5, 5.41) is 0.631. The molecule has 0 radical (unpaired) electrons. The lowest BCUT2D eigenvalue weighted by atomic mass is 9.82. The number of imidazole rings is 1. The third-order valence-corrected chi connectivity index (χ3v) is 3.27. The maximum Gasteiger partial charge on any atom is 0.186 e. The van der Waals surface area contributed by atoms with Gasteiger partial charge in [-0.3, -0.25) is 4.79 Å². The van der Waals surface area contributed by atoms with Crippen molar-refractivity contribution < 1.29 is 4.79 Å². The minimum atomic E-state index is -0.281. The Kier molecular flexibility index (Phi) is 3.76. The molecule has 0 spiro atoms. The van der Waals surface area contributed by atoms with Crippen LogP contribution in [0.25, 0.3) is 0 Å². The molecule has 1 unspecified atom stereocenters. The molecule has 0 saturated carbocycles. The van der Waals surface area contributed by atoms with Gasteiger partial charge in [0.25, 0.3) is 0 Å². The second-order valence-corrected chi connectivity index (χ2v) is 6.09. The molecule has 0 amide bonds. The van der Waals surface area contributed by atoms with Gasteiger partial charge in [0.15, 0.2) is 5.78 Å². The molecule has 1 aromatic heterocycles. The Bertz CT molecular complexity index is 553. The normalized spacial score (nSPS) is 13.3. The predicted molar refractivity (Wildman–Crippen MR) is 76.5 cm³/mol. The lowest BCUT2D eigenvalue weighted by molar-refractivity contribution is 0.0830. The van der Waals surface area contributed by atoms with E-state index in [-0.39, 0.29) is 17.2 Å². The second-order valence-electron chi connectivity index (χ2n) is 5.65. The summed E-state index contributed by atoms with van der Waals surface area (Å²) in [6, 6.07) is 6.72. The van der Waals surface area contributed by atoms with E-state index in [4.69, 9.17) is 11.6 Å². The number of ketones is 1. The van der Waals surface area contributed by atoms with Crippen molar-refractivity contribution in [2.75, 3.05) is 0 Å². The van der Waals surface area contributed by atoms with Crippen LogP contribution >= 0.6 is 11.6 Å². The first kappa shape index (κ1) is 13.8. The summed E-state index contributed by atoms with van der Waals surface area (Å²) in [5.41, 5.74) is 0.468. The van der Waals surface area contributed by atoms with Crippen molar-refractivity contribution in [3.05, 3.63) is 53.6 Å². The van der Waals surface area contributed by atoms with Gasteiger partial charge in [-0.1, -0.05) is 32.4 Å². The summed E-state index contributed by atoms with van der Waals surface area (Å²) >= 11 is 5.86. The highest BCUT2D eigenvalue weighted by Crippen LogP contribution is 2.33. The number of carbonyl (C=O) groups is 1. The van der Waals surface area contributed by atoms with Crippen LogP contribution in [-0.4, -0.2) is 15.3 Å². The summed E-state index contributed by atoms with van der Waals surface area (Å²) in [4.78, 5) is 16.7. The van der Waals surface area contributed by atoms with Gasteiger partial charge in [-0.15, -0.1) is 0 Å². The Morgan fingerprint density at radius 2 is 1.89 bits per heavy atom. The van der Waals surface area contributed by atoms with Crippen LogP contribution in [0, 0.1) is 5.41 Å². The molecule has 0 N–H and O–H groups in total. The number of hydrogen-bond donors (Lipinski definition) is 0. The van der Waals surface area contributed by atoms with Crippen LogP contribution < -0.4 is 0 Å². The number of Topliss-reactive ketones (excluding diaryl/α,β-unsaturated/α-hetero) is 1.